The number of ether oxygens (including phenoxy) is 1. The van der Waals surface area contributed by atoms with Gasteiger partial charge in [-0.05, 0) is 43.0 Å². The van der Waals surface area contributed by atoms with Crippen molar-refractivity contribution >= 4 is 23.7 Å². The maximum Gasteiger partial charge on any atom is 0.408 e. The number of rotatable bonds is 11. The van der Waals surface area contributed by atoms with Gasteiger partial charge in [-0.25, -0.2) is 9.78 Å². The van der Waals surface area contributed by atoms with Crippen molar-refractivity contribution in [2.45, 2.75) is 31.9 Å². The molecule has 0 spiro atoms. The number of hydrogen-bond acceptors (Lipinski definition) is 6. The lowest BCUT2D eigenvalue weighted by Gasteiger charge is -2.37. The summed E-state index contributed by atoms with van der Waals surface area (Å²) in [4.78, 5) is 45.4. The fourth-order valence-electron chi connectivity index (χ4n) is 3.84. The summed E-state index contributed by atoms with van der Waals surface area (Å²) in [7, 11) is 0. The highest BCUT2D eigenvalue weighted by molar-refractivity contribution is 5.87. The first-order valence-electron chi connectivity index (χ1n) is 11.9. The van der Waals surface area contributed by atoms with Crippen LogP contribution in [0.4, 0.5) is 10.6 Å². The van der Waals surface area contributed by atoms with E-state index in [0.717, 1.165) is 11.4 Å². The predicted octanol–water partition coefficient (Wildman–Crippen LogP) is 2.50. The molecule has 0 saturated carbocycles. The van der Waals surface area contributed by atoms with Crippen LogP contribution in [0.2, 0.25) is 0 Å². The zero-order chi connectivity index (χ0) is 24.9. The molecule has 2 aromatic rings. The van der Waals surface area contributed by atoms with Crippen LogP contribution in [0.3, 0.4) is 0 Å². The number of piperazine rings is 1. The van der Waals surface area contributed by atoms with Gasteiger partial charge in [0.1, 0.15) is 18.5 Å². The Morgan fingerprint density at radius 1 is 1.03 bits per heavy atom. The van der Waals surface area contributed by atoms with E-state index in [1.165, 1.54) is 6.08 Å². The van der Waals surface area contributed by atoms with E-state index in [0.29, 0.717) is 52.0 Å². The van der Waals surface area contributed by atoms with Crippen molar-refractivity contribution in [3.05, 3.63) is 72.9 Å². The number of benzene rings is 1. The van der Waals surface area contributed by atoms with Crippen molar-refractivity contribution in [1.29, 1.82) is 0 Å². The first-order valence-corrected chi connectivity index (χ1v) is 11.9. The summed E-state index contributed by atoms with van der Waals surface area (Å²) in [6.45, 7) is 6.46. The molecule has 9 nitrogen and oxygen atoms in total. The molecule has 1 aliphatic heterocycles. The molecule has 186 valence electrons. The molecule has 3 rings (SSSR count). The average molecular weight is 480 g/mol. The van der Waals surface area contributed by atoms with Gasteiger partial charge < -0.3 is 25.2 Å². The van der Waals surface area contributed by atoms with Crippen LogP contribution in [0.15, 0.2) is 67.4 Å². The lowest BCUT2D eigenvalue weighted by atomic mass is 10.1. The van der Waals surface area contributed by atoms with Crippen molar-refractivity contribution in [3.8, 4) is 0 Å². The molecule has 1 aromatic heterocycles. The monoisotopic (exact) mass is 479 g/mol. The summed E-state index contributed by atoms with van der Waals surface area (Å²) < 4.78 is 5.34. The Morgan fingerprint density at radius 2 is 1.77 bits per heavy atom. The van der Waals surface area contributed by atoms with Gasteiger partial charge in [-0.2, -0.15) is 0 Å². The second-order valence-corrected chi connectivity index (χ2v) is 8.25. The van der Waals surface area contributed by atoms with Crippen LogP contribution < -0.4 is 15.5 Å². The number of amides is 3. The number of carbonyl (C=O) groups is 3. The largest absolute Gasteiger partial charge is 0.445 e. The summed E-state index contributed by atoms with van der Waals surface area (Å²) >= 11 is 0. The standard InChI is InChI=1S/C26H33N5O4/c1-2-24(32)28-15-8-6-12-22(29-26(34)35-20-21-10-4-3-5-11-21)25(33)31-18-16-30(17-19-31)23-13-7-9-14-27-23/h2-5,7,9-11,13-14,22H,1,6,8,12,15-20H2,(H,28,32)(H,29,34)/t22-/m0/s1. The number of unbranched alkanes of at least 4 members (excludes halogenated alkanes) is 1. The third-order valence-corrected chi connectivity index (χ3v) is 5.77. The minimum absolute atomic E-state index is 0.127. The van der Waals surface area contributed by atoms with Crippen LogP contribution in [0.25, 0.3) is 0 Å². The molecule has 1 atom stereocenters. The quantitative estimate of drug-likeness (QED) is 0.379. The maximum atomic E-state index is 13.3. The molecule has 1 aromatic carbocycles. The van der Waals surface area contributed by atoms with Gasteiger partial charge >= 0.3 is 6.09 Å². The first kappa shape index (κ1) is 25.7. The Bertz CT molecular complexity index is 962. The molecule has 0 bridgehead atoms. The summed E-state index contributed by atoms with van der Waals surface area (Å²) in [6.07, 6.45) is 4.13. The van der Waals surface area contributed by atoms with E-state index >= 15 is 0 Å². The van der Waals surface area contributed by atoms with Crippen LogP contribution in [0, 0.1) is 0 Å². The van der Waals surface area contributed by atoms with E-state index in [1.54, 1.807) is 11.1 Å². The number of nitrogens with zero attached hydrogens (tertiary/aromatic N) is 3. The van der Waals surface area contributed by atoms with Crippen molar-refractivity contribution in [2.75, 3.05) is 37.6 Å². The van der Waals surface area contributed by atoms with Gasteiger partial charge in [0.25, 0.3) is 0 Å². The molecule has 2 N–H and O–H groups in total. The van der Waals surface area contributed by atoms with Gasteiger partial charge in [0.05, 0.1) is 0 Å². The summed E-state index contributed by atoms with van der Waals surface area (Å²) in [6, 6.07) is 14.5. The van der Waals surface area contributed by atoms with Gasteiger partial charge in [-0.3, -0.25) is 9.59 Å². The number of pyridine rings is 1. The van der Waals surface area contributed by atoms with E-state index in [-0.39, 0.29) is 18.4 Å². The van der Waals surface area contributed by atoms with E-state index < -0.39 is 12.1 Å². The molecular formula is C26H33N5O4. The van der Waals surface area contributed by atoms with Crippen molar-refractivity contribution < 1.29 is 19.1 Å². The van der Waals surface area contributed by atoms with Gasteiger partial charge in [0, 0.05) is 38.9 Å². The lowest BCUT2D eigenvalue weighted by Crippen LogP contribution is -2.55. The highest BCUT2D eigenvalue weighted by Crippen LogP contribution is 2.14. The fourth-order valence-corrected chi connectivity index (χ4v) is 3.84. The SMILES string of the molecule is C=CC(=O)NCCCC[C@H](NC(=O)OCc1ccccc1)C(=O)N1CCN(c2ccccn2)CC1. The number of aromatic nitrogens is 1. The fraction of sp³-hybridized carbons (Fsp3) is 0.385. The molecule has 0 radical (unpaired) electrons. The third kappa shape index (κ3) is 8.44. The van der Waals surface area contributed by atoms with Gasteiger partial charge in [-0.15, -0.1) is 0 Å². The zero-order valence-corrected chi connectivity index (χ0v) is 19.9. The maximum absolute atomic E-state index is 13.3. The molecule has 2 heterocycles. The number of anilines is 1. The highest BCUT2D eigenvalue weighted by Gasteiger charge is 2.29. The average Bonchev–Trinajstić information content (AvgIpc) is 2.91. The van der Waals surface area contributed by atoms with Gasteiger partial charge in [0.15, 0.2) is 0 Å². The topological polar surface area (TPSA) is 104 Å². The van der Waals surface area contributed by atoms with Crippen LogP contribution >= 0.6 is 0 Å². The second kappa shape index (κ2) is 13.7. The molecular weight excluding hydrogens is 446 g/mol. The second-order valence-electron chi connectivity index (χ2n) is 8.25. The Morgan fingerprint density at radius 3 is 2.46 bits per heavy atom. The van der Waals surface area contributed by atoms with Crippen molar-refractivity contribution in [2.24, 2.45) is 0 Å². The van der Waals surface area contributed by atoms with Crippen molar-refractivity contribution in [1.82, 2.24) is 20.5 Å². The molecule has 1 aliphatic rings. The molecule has 3 amide bonds. The van der Waals surface area contributed by atoms with Gasteiger partial charge in [-0.1, -0.05) is 43.0 Å². The van der Waals surface area contributed by atoms with Crippen molar-refractivity contribution in [3.63, 3.8) is 0 Å². The normalized spacial score (nSPS) is 14.1. The number of nitrogens with one attached hydrogen (secondary N) is 2. The summed E-state index contributed by atoms with van der Waals surface area (Å²) in [5, 5.41) is 5.48. The molecule has 0 unspecified atom stereocenters. The van der Waals surface area contributed by atoms with E-state index in [1.807, 2.05) is 48.5 Å². The van der Waals surface area contributed by atoms with E-state index in [2.05, 4.69) is 27.1 Å². The smallest absolute Gasteiger partial charge is 0.408 e. The minimum atomic E-state index is -0.699. The molecule has 0 aliphatic carbocycles. The minimum Gasteiger partial charge on any atom is -0.445 e. The highest BCUT2D eigenvalue weighted by atomic mass is 16.5. The Balaban J connectivity index is 1.53. The van der Waals surface area contributed by atoms with E-state index in [4.69, 9.17) is 4.74 Å². The van der Waals surface area contributed by atoms with Crippen LogP contribution in [-0.2, 0) is 20.9 Å². The molecule has 35 heavy (non-hydrogen) atoms. The summed E-state index contributed by atoms with van der Waals surface area (Å²) in [5.41, 5.74) is 0.870. The van der Waals surface area contributed by atoms with Crippen LogP contribution in [-0.4, -0.2) is 66.6 Å². The Kier molecular flexibility index (Phi) is 10.1. The number of hydrogen-bond donors (Lipinski definition) is 2. The first-order chi connectivity index (χ1) is 17.1. The number of carbonyl (C=O) groups excluding carboxylic acids is 3. The molecule has 9 heteroatoms. The number of alkyl carbamates (subject to hydrolysis) is 1. The molecule has 1 saturated heterocycles. The molecule has 1 fully saturated rings. The lowest BCUT2D eigenvalue weighted by molar-refractivity contribution is -0.134. The third-order valence-electron chi connectivity index (χ3n) is 5.77. The Labute approximate surface area is 206 Å². The predicted molar refractivity (Wildman–Crippen MR) is 134 cm³/mol. The van der Waals surface area contributed by atoms with Crippen LogP contribution in [0.1, 0.15) is 24.8 Å². The van der Waals surface area contributed by atoms with E-state index in [9.17, 15) is 14.4 Å². The van der Waals surface area contributed by atoms with Gasteiger partial charge in [0.2, 0.25) is 11.8 Å². The summed E-state index contributed by atoms with van der Waals surface area (Å²) in [5.74, 6) is 0.531. The van der Waals surface area contributed by atoms with Crippen LogP contribution in [0.5, 0.6) is 0 Å². The zero-order valence-electron chi connectivity index (χ0n) is 19.9. The Hall–Kier alpha value is -3.88.